The van der Waals surface area contributed by atoms with Gasteiger partial charge in [-0.1, -0.05) is 36.4 Å². The Morgan fingerprint density at radius 1 is 0.913 bits per heavy atom. The van der Waals surface area contributed by atoms with Gasteiger partial charge in [0, 0.05) is 11.8 Å². The van der Waals surface area contributed by atoms with Crippen LogP contribution in [0.3, 0.4) is 0 Å². The third kappa shape index (κ3) is 2.65. The molecule has 0 amide bonds. The van der Waals surface area contributed by atoms with Crippen molar-refractivity contribution in [2.24, 2.45) is 5.92 Å². The Morgan fingerprint density at radius 2 is 1.35 bits per heavy atom. The van der Waals surface area contributed by atoms with Gasteiger partial charge in [-0.05, 0) is 29.7 Å². The highest BCUT2D eigenvalue weighted by Crippen LogP contribution is 2.56. The maximum Gasteiger partial charge on any atom is 0.307 e. The Balaban J connectivity index is 1.94. The van der Waals surface area contributed by atoms with Crippen molar-refractivity contribution in [3.05, 3.63) is 59.7 Å². The third-order valence-corrected chi connectivity index (χ3v) is 4.74. The molecular formula is C19H20O4. The number of carbonyl (C=O) groups is 1. The molecule has 0 saturated heterocycles. The molecule has 120 valence electrons. The monoisotopic (exact) mass is 312 g/mol. The molecule has 0 aliphatic heterocycles. The molecule has 2 aromatic rings. The molecule has 2 aromatic carbocycles. The predicted octanol–water partition coefficient (Wildman–Crippen LogP) is 3.68. The molecular weight excluding hydrogens is 292 g/mol. The van der Waals surface area contributed by atoms with Crippen molar-refractivity contribution < 1.29 is 19.4 Å². The van der Waals surface area contributed by atoms with Crippen LogP contribution in [0.2, 0.25) is 0 Å². The van der Waals surface area contributed by atoms with Crippen LogP contribution in [0.15, 0.2) is 48.5 Å². The van der Waals surface area contributed by atoms with Crippen molar-refractivity contribution >= 4 is 5.97 Å². The fourth-order valence-electron chi connectivity index (χ4n) is 3.58. The predicted molar refractivity (Wildman–Crippen MR) is 87.2 cm³/mol. The lowest BCUT2D eigenvalue weighted by Gasteiger charge is -2.43. The van der Waals surface area contributed by atoms with Crippen molar-refractivity contribution in [1.29, 1.82) is 0 Å². The Kier molecular flexibility index (Phi) is 4.24. The van der Waals surface area contributed by atoms with Gasteiger partial charge < -0.3 is 14.6 Å². The summed E-state index contributed by atoms with van der Waals surface area (Å²) in [6.45, 7) is 0. The van der Waals surface area contributed by atoms with E-state index < -0.39 is 11.9 Å². The minimum atomic E-state index is -0.775. The van der Waals surface area contributed by atoms with E-state index in [2.05, 4.69) is 0 Å². The standard InChI is InChI=1S/C19H20O4/c1-22-16-9-5-3-7-12(16)14-11-15(18(14)19(20)21)13-8-4-6-10-17(13)23-2/h3-10,14-15,18H,11H2,1-2H3,(H,20,21)/t14-,15-/m1/s1. The maximum absolute atomic E-state index is 11.9. The molecule has 0 aromatic heterocycles. The van der Waals surface area contributed by atoms with Gasteiger partial charge in [-0.25, -0.2) is 0 Å². The Morgan fingerprint density at radius 3 is 1.74 bits per heavy atom. The van der Waals surface area contributed by atoms with Gasteiger partial charge in [0.2, 0.25) is 0 Å². The number of methoxy groups -OCH3 is 2. The fraction of sp³-hybridized carbons (Fsp3) is 0.316. The van der Waals surface area contributed by atoms with E-state index in [0.29, 0.717) is 0 Å². The van der Waals surface area contributed by atoms with Crippen molar-refractivity contribution in [1.82, 2.24) is 0 Å². The molecule has 1 aliphatic carbocycles. The highest BCUT2D eigenvalue weighted by molar-refractivity contribution is 5.75. The van der Waals surface area contributed by atoms with E-state index in [-0.39, 0.29) is 11.8 Å². The number of ether oxygens (including phenoxy) is 2. The average molecular weight is 312 g/mol. The fourth-order valence-corrected chi connectivity index (χ4v) is 3.58. The quantitative estimate of drug-likeness (QED) is 0.915. The van der Waals surface area contributed by atoms with Crippen LogP contribution in [0.25, 0.3) is 0 Å². The number of hydrogen-bond donors (Lipinski definition) is 1. The lowest BCUT2D eigenvalue weighted by Crippen LogP contribution is -2.39. The van der Waals surface area contributed by atoms with Crippen molar-refractivity contribution in [2.75, 3.05) is 14.2 Å². The molecule has 23 heavy (non-hydrogen) atoms. The van der Waals surface area contributed by atoms with E-state index in [0.717, 1.165) is 29.0 Å². The topological polar surface area (TPSA) is 55.8 Å². The van der Waals surface area contributed by atoms with Crippen molar-refractivity contribution in [3.8, 4) is 11.5 Å². The average Bonchev–Trinajstić information content (AvgIpc) is 2.54. The van der Waals surface area contributed by atoms with E-state index in [9.17, 15) is 9.90 Å². The van der Waals surface area contributed by atoms with Crippen LogP contribution in [0, 0.1) is 5.92 Å². The lowest BCUT2D eigenvalue weighted by molar-refractivity contribution is -0.147. The van der Waals surface area contributed by atoms with E-state index in [4.69, 9.17) is 9.47 Å². The van der Waals surface area contributed by atoms with Crippen molar-refractivity contribution in [3.63, 3.8) is 0 Å². The Labute approximate surface area is 135 Å². The summed E-state index contributed by atoms with van der Waals surface area (Å²) in [5.41, 5.74) is 1.93. The number of rotatable bonds is 5. The number of hydrogen-bond acceptors (Lipinski definition) is 3. The van der Waals surface area contributed by atoms with Crippen LogP contribution in [0.5, 0.6) is 11.5 Å². The van der Waals surface area contributed by atoms with Crippen LogP contribution in [0.1, 0.15) is 29.4 Å². The summed E-state index contributed by atoms with van der Waals surface area (Å²) < 4.78 is 10.8. The van der Waals surface area contributed by atoms with Gasteiger partial charge in [0.05, 0.1) is 20.1 Å². The molecule has 1 aliphatic rings. The van der Waals surface area contributed by atoms with E-state index in [1.807, 2.05) is 48.5 Å². The van der Waals surface area contributed by atoms with Crippen LogP contribution in [-0.2, 0) is 4.79 Å². The van der Waals surface area contributed by atoms with E-state index in [1.54, 1.807) is 14.2 Å². The molecule has 1 fully saturated rings. The highest BCUT2D eigenvalue weighted by Gasteiger charge is 2.48. The highest BCUT2D eigenvalue weighted by atomic mass is 16.5. The molecule has 0 unspecified atom stereocenters. The van der Waals surface area contributed by atoms with Gasteiger partial charge >= 0.3 is 5.97 Å². The lowest BCUT2D eigenvalue weighted by atomic mass is 9.59. The second kappa shape index (κ2) is 6.32. The summed E-state index contributed by atoms with van der Waals surface area (Å²) in [7, 11) is 3.23. The van der Waals surface area contributed by atoms with E-state index in [1.165, 1.54) is 0 Å². The molecule has 1 N–H and O–H groups in total. The number of carboxylic acid groups (broad SMARTS) is 1. The molecule has 0 radical (unpaired) electrons. The van der Waals surface area contributed by atoms with Crippen LogP contribution in [-0.4, -0.2) is 25.3 Å². The zero-order chi connectivity index (χ0) is 16.4. The first kappa shape index (κ1) is 15.4. The molecule has 2 atom stereocenters. The Bertz CT molecular complexity index is 657. The first-order valence-electron chi connectivity index (χ1n) is 7.66. The van der Waals surface area contributed by atoms with Crippen LogP contribution < -0.4 is 9.47 Å². The molecule has 0 heterocycles. The molecule has 0 bridgehead atoms. The second-order valence-corrected chi connectivity index (χ2v) is 5.80. The summed E-state index contributed by atoms with van der Waals surface area (Å²) in [6, 6.07) is 15.3. The van der Waals surface area contributed by atoms with Gasteiger partial charge in [0.1, 0.15) is 11.5 Å². The van der Waals surface area contributed by atoms with Gasteiger partial charge in [-0.15, -0.1) is 0 Å². The maximum atomic E-state index is 11.9. The minimum absolute atomic E-state index is 0.0430. The first-order valence-corrected chi connectivity index (χ1v) is 7.66. The summed E-state index contributed by atoms with van der Waals surface area (Å²) in [4.78, 5) is 11.9. The van der Waals surface area contributed by atoms with Crippen LogP contribution >= 0.6 is 0 Å². The van der Waals surface area contributed by atoms with Crippen LogP contribution in [0.4, 0.5) is 0 Å². The number of benzene rings is 2. The Hall–Kier alpha value is -2.49. The minimum Gasteiger partial charge on any atom is -0.496 e. The van der Waals surface area contributed by atoms with Gasteiger partial charge in [-0.2, -0.15) is 0 Å². The number of carboxylic acids is 1. The smallest absolute Gasteiger partial charge is 0.307 e. The molecule has 4 nitrogen and oxygen atoms in total. The molecule has 0 spiro atoms. The van der Waals surface area contributed by atoms with Gasteiger partial charge in [0.15, 0.2) is 0 Å². The zero-order valence-corrected chi connectivity index (χ0v) is 13.2. The first-order chi connectivity index (χ1) is 11.2. The van der Waals surface area contributed by atoms with Gasteiger partial charge in [0.25, 0.3) is 0 Å². The van der Waals surface area contributed by atoms with Crippen molar-refractivity contribution in [2.45, 2.75) is 18.3 Å². The SMILES string of the molecule is COc1ccccc1[C@H]1C[C@H](c2ccccc2OC)C1C(=O)O. The molecule has 3 rings (SSSR count). The third-order valence-electron chi connectivity index (χ3n) is 4.74. The summed E-state index contributed by atoms with van der Waals surface area (Å²) in [5.74, 6) is 0.173. The summed E-state index contributed by atoms with van der Waals surface area (Å²) in [5, 5.41) is 9.74. The number of aliphatic carboxylic acids is 1. The van der Waals surface area contributed by atoms with E-state index >= 15 is 0 Å². The van der Waals surface area contributed by atoms with Gasteiger partial charge in [-0.3, -0.25) is 4.79 Å². The summed E-state index contributed by atoms with van der Waals surface area (Å²) >= 11 is 0. The summed E-state index contributed by atoms with van der Waals surface area (Å²) in [6.07, 6.45) is 0.776. The number of para-hydroxylation sites is 2. The second-order valence-electron chi connectivity index (χ2n) is 5.80. The zero-order valence-electron chi connectivity index (χ0n) is 13.2. The largest absolute Gasteiger partial charge is 0.496 e. The normalized spacial score (nSPS) is 20.6. The molecule has 1 saturated carbocycles. The molecule has 4 heteroatoms.